The van der Waals surface area contributed by atoms with Gasteiger partial charge in [-0.1, -0.05) is 27.7 Å². The molecule has 1 unspecified atom stereocenters. The summed E-state index contributed by atoms with van der Waals surface area (Å²) >= 11 is 0. The summed E-state index contributed by atoms with van der Waals surface area (Å²) in [6, 6.07) is 5.20. The van der Waals surface area contributed by atoms with Crippen molar-refractivity contribution < 1.29 is 9.53 Å². The third kappa shape index (κ3) is 4.47. The van der Waals surface area contributed by atoms with Gasteiger partial charge in [-0.3, -0.25) is 4.79 Å². The highest BCUT2D eigenvalue weighted by Crippen LogP contribution is 2.30. The summed E-state index contributed by atoms with van der Waals surface area (Å²) in [6.45, 7) is 8.47. The number of amides is 1. The number of rotatable bonds is 4. The van der Waals surface area contributed by atoms with Crippen molar-refractivity contribution in [2.24, 2.45) is 11.3 Å². The monoisotopic (exact) mass is 264 g/mol. The molecule has 0 radical (unpaired) electrons. The molecule has 0 saturated carbocycles. The van der Waals surface area contributed by atoms with Gasteiger partial charge in [0.05, 0.1) is 12.8 Å². The molecule has 19 heavy (non-hydrogen) atoms. The zero-order chi connectivity index (χ0) is 14.6. The molecule has 4 heteroatoms. The lowest BCUT2D eigenvalue weighted by atomic mass is 9.80. The maximum Gasteiger partial charge on any atom is 0.224 e. The van der Waals surface area contributed by atoms with Crippen molar-refractivity contribution in [2.75, 3.05) is 18.2 Å². The topological polar surface area (TPSA) is 64.3 Å². The highest BCUT2D eigenvalue weighted by molar-refractivity contribution is 5.93. The molecule has 0 aliphatic carbocycles. The lowest BCUT2D eigenvalue weighted by molar-refractivity contribution is -0.117. The van der Waals surface area contributed by atoms with Gasteiger partial charge >= 0.3 is 0 Å². The number of carbonyl (C=O) groups excluding carboxylic acids is 1. The van der Waals surface area contributed by atoms with Crippen LogP contribution in [-0.4, -0.2) is 13.0 Å². The van der Waals surface area contributed by atoms with Crippen LogP contribution < -0.4 is 15.8 Å². The number of methoxy groups -OCH3 is 1. The third-order valence-electron chi connectivity index (χ3n) is 3.47. The average Bonchev–Trinajstić information content (AvgIpc) is 2.27. The number of anilines is 2. The lowest BCUT2D eigenvalue weighted by Crippen LogP contribution is -2.24. The predicted molar refractivity (Wildman–Crippen MR) is 79.3 cm³/mol. The van der Waals surface area contributed by atoms with Crippen LogP contribution in [0.3, 0.4) is 0 Å². The minimum Gasteiger partial charge on any atom is -0.495 e. The number of ether oxygens (including phenoxy) is 1. The van der Waals surface area contributed by atoms with Crippen LogP contribution in [0.15, 0.2) is 18.2 Å². The minimum absolute atomic E-state index is 0.0219. The fourth-order valence-electron chi connectivity index (χ4n) is 1.61. The Bertz CT molecular complexity index is 450. The van der Waals surface area contributed by atoms with E-state index in [0.29, 0.717) is 29.5 Å². The van der Waals surface area contributed by atoms with Crippen LogP contribution in [0.25, 0.3) is 0 Å². The molecule has 0 saturated heterocycles. The molecular formula is C15H24N2O2. The Morgan fingerprint density at radius 2 is 2.05 bits per heavy atom. The van der Waals surface area contributed by atoms with Crippen molar-refractivity contribution >= 4 is 17.3 Å². The highest BCUT2D eigenvalue weighted by Gasteiger charge is 2.22. The molecule has 0 aliphatic rings. The van der Waals surface area contributed by atoms with Crippen molar-refractivity contribution in [2.45, 2.75) is 34.1 Å². The second kappa shape index (κ2) is 5.95. The Morgan fingerprint density at radius 1 is 1.42 bits per heavy atom. The van der Waals surface area contributed by atoms with Crippen molar-refractivity contribution in [1.29, 1.82) is 0 Å². The molecule has 106 valence electrons. The van der Waals surface area contributed by atoms with Crippen molar-refractivity contribution in [3.05, 3.63) is 18.2 Å². The number of carbonyl (C=O) groups is 1. The number of hydrogen-bond donors (Lipinski definition) is 2. The van der Waals surface area contributed by atoms with Crippen LogP contribution in [0.1, 0.15) is 34.1 Å². The SMILES string of the molecule is COc1ccc(N)cc1NC(=O)CC(C)C(C)(C)C. The van der Waals surface area contributed by atoms with Gasteiger partial charge in [-0.2, -0.15) is 0 Å². The van der Waals surface area contributed by atoms with E-state index < -0.39 is 0 Å². The van der Waals surface area contributed by atoms with Crippen LogP contribution in [-0.2, 0) is 4.79 Å². The smallest absolute Gasteiger partial charge is 0.224 e. The molecule has 0 bridgehead atoms. The van der Waals surface area contributed by atoms with E-state index in [1.807, 2.05) is 0 Å². The van der Waals surface area contributed by atoms with Gasteiger partial charge in [-0.05, 0) is 29.5 Å². The number of nitrogens with one attached hydrogen (secondary N) is 1. The molecule has 0 aliphatic heterocycles. The van der Waals surface area contributed by atoms with Gasteiger partial charge in [0, 0.05) is 12.1 Å². The Hall–Kier alpha value is -1.71. The van der Waals surface area contributed by atoms with E-state index in [-0.39, 0.29) is 11.3 Å². The van der Waals surface area contributed by atoms with E-state index in [9.17, 15) is 4.79 Å². The van der Waals surface area contributed by atoms with Crippen molar-refractivity contribution in [1.82, 2.24) is 0 Å². The first kappa shape index (κ1) is 15.3. The normalized spacial score (nSPS) is 12.9. The second-order valence-electron chi connectivity index (χ2n) is 5.98. The van der Waals surface area contributed by atoms with Crippen LogP contribution in [0, 0.1) is 11.3 Å². The Balaban J connectivity index is 2.75. The Morgan fingerprint density at radius 3 is 2.58 bits per heavy atom. The third-order valence-corrected chi connectivity index (χ3v) is 3.47. The molecule has 1 atom stereocenters. The summed E-state index contributed by atoms with van der Waals surface area (Å²) in [7, 11) is 1.57. The summed E-state index contributed by atoms with van der Waals surface area (Å²) in [5.41, 5.74) is 7.05. The van der Waals surface area contributed by atoms with Gasteiger partial charge in [0.2, 0.25) is 5.91 Å². The maximum absolute atomic E-state index is 12.0. The fraction of sp³-hybridized carbons (Fsp3) is 0.533. The molecule has 3 N–H and O–H groups in total. The molecule has 1 rings (SSSR count). The second-order valence-corrected chi connectivity index (χ2v) is 5.98. The highest BCUT2D eigenvalue weighted by atomic mass is 16.5. The molecular weight excluding hydrogens is 240 g/mol. The van der Waals surface area contributed by atoms with E-state index >= 15 is 0 Å². The van der Waals surface area contributed by atoms with Gasteiger partial charge < -0.3 is 15.8 Å². The van der Waals surface area contributed by atoms with E-state index in [0.717, 1.165) is 0 Å². The quantitative estimate of drug-likeness (QED) is 0.820. The fourth-order valence-corrected chi connectivity index (χ4v) is 1.61. The summed E-state index contributed by atoms with van der Waals surface area (Å²) in [5, 5.41) is 2.86. The minimum atomic E-state index is -0.0219. The first-order chi connectivity index (χ1) is 8.74. The molecule has 0 spiro atoms. The summed E-state index contributed by atoms with van der Waals surface area (Å²) in [5.74, 6) is 0.886. The van der Waals surface area contributed by atoms with Gasteiger partial charge in [0.15, 0.2) is 0 Å². The number of benzene rings is 1. The van der Waals surface area contributed by atoms with Gasteiger partial charge in [0.1, 0.15) is 5.75 Å². The summed E-state index contributed by atoms with van der Waals surface area (Å²) < 4.78 is 5.20. The van der Waals surface area contributed by atoms with Gasteiger partial charge in [-0.25, -0.2) is 0 Å². The Labute approximate surface area is 115 Å². The molecule has 0 aromatic heterocycles. The van der Waals surface area contributed by atoms with Crippen LogP contribution in [0.4, 0.5) is 11.4 Å². The standard InChI is InChI=1S/C15H24N2O2/c1-10(15(2,3)4)8-14(18)17-12-9-11(16)6-7-13(12)19-5/h6-7,9-10H,8,16H2,1-5H3,(H,17,18). The number of hydrogen-bond acceptors (Lipinski definition) is 3. The lowest BCUT2D eigenvalue weighted by Gasteiger charge is -2.26. The first-order valence-corrected chi connectivity index (χ1v) is 6.47. The first-order valence-electron chi connectivity index (χ1n) is 6.47. The molecule has 4 nitrogen and oxygen atoms in total. The summed E-state index contributed by atoms with van der Waals surface area (Å²) in [6.07, 6.45) is 0.474. The molecule has 1 amide bonds. The van der Waals surface area contributed by atoms with Crippen LogP contribution >= 0.6 is 0 Å². The van der Waals surface area contributed by atoms with E-state index in [1.54, 1.807) is 25.3 Å². The van der Waals surface area contributed by atoms with Crippen molar-refractivity contribution in [3.8, 4) is 5.75 Å². The summed E-state index contributed by atoms with van der Waals surface area (Å²) in [4.78, 5) is 12.0. The molecule has 1 aromatic rings. The largest absolute Gasteiger partial charge is 0.495 e. The van der Waals surface area contributed by atoms with E-state index in [4.69, 9.17) is 10.5 Å². The average molecular weight is 264 g/mol. The van der Waals surface area contributed by atoms with Crippen LogP contribution in [0.5, 0.6) is 5.75 Å². The molecule has 0 fully saturated rings. The predicted octanol–water partition coefficient (Wildman–Crippen LogP) is 3.29. The Kier molecular flexibility index (Phi) is 4.81. The van der Waals surface area contributed by atoms with E-state index in [2.05, 4.69) is 33.0 Å². The van der Waals surface area contributed by atoms with E-state index in [1.165, 1.54) is 0 Å². The maximum atomic E-state index is 12.0. The zero-order valence-corrected chi connectivity index (χ0v) is 12.4. The molecule has 1 aromatic carbocycles. The van der Waals surface area contributed by atoms with Crippen LogP contribution in [0.2, 0.25) is 0 Å². The number of nitrogen functional groups attached to an aromatic ring is 1. The zero-order valence-electron chi connectivity index (χ0n) is 12.4. The number of nitrogens with two attached hydrogens (primary N) is 1. The van der Waals surface area contributed by atoms with Crippen molar-refractivity contribution in [3.63, 3.8) is 0 Å². The molecule has 0 heterocycles. The van der Waals surface area contributed by atoms with Gasteiger partial charge in [-0.15, -0.1) is 0 Å². The van der Waals surface area contributed by atoms with Gasteiger partial charge in [0.25, 0.3) is 0 Å².